The van der Waals surface area contributed by atoms with Crippen LogP contribution >= 0.6 is 0 Å². The van der Waals surface area contributed by atoms with Crippen molar-refractivity contribution in [2.24, 2.45) is 0 Å². The molecule has 118 valence electrons. The van der Waals surface area contributed by atoms with Crippen molar-refractivity contribution in [3.63, 3.8) is 0 Å². The van der Waals surface area contributed by atoms with Gasteiger partial charge in [-0.05, 0) is 45.2 Å². The number of nitrogens with zero attached hydrogens (tertiary/aromatic N) is 3. The highest BCUT2D eigenvalue weighted by molar-refractivity contribution is 5.31. The Morgan fingerprint density at radius 1 is 1.23 bits per heavy atom. The Balaban J connectivity index is 1.74. The summed E-state index contributed by atoms with van der Waals surface area (Å²) in [5.41, 5.74) is 4.10. The fraction of sp³-hybridized carbons (Fsp3) is 0.556. The fourth-order valence-electron chi connectivity index (χ4n) is 3.45. The third-order valence-corrected chi connectivity index (χ3v) is 4.31. The molecule has 0 radical (unpaired) electrons. The first kappa shape index (κ1) is 15.2. The number of benzene rings is 1. The van der Waals surface area contributed by atoms with Crippen molar-refractivity contribution in [3.05, 3.63) is 46.6 Å². The van der Waals surface area contributed by atoms with Crippen LogP contribution in [0.5, 0.6) is 0 Å². The van der Waals surface area contributed by atoms with E-state index >= 15 is 0 Å². The average Bonchev–Trinajstić information content (AvgIpc) is 3.08. The predicted molar refractivity (Wildman–Crippen MR) is 86.6 cm³/mol. The third-order valence-electron chi connectivity index (χ3n) is 4.31. The minimum atomic E-state index is 0.472. The van der Waals surface area contributed by atoms with Crippen molar-refractivity contribution in [2.45, 2.75) is 59.0 Å². The third kappa shape index (κ3) is 3.38. The van der Waals surface area contributed by atoms with E-state index in [1.165, 1.54) is 29.5 Å². The largest absolute Gasteiger partial charge is 0.338 e. The molecular weight excluding hydrogens is 274 g/mol. The molecule has 0 aliphatic carbocycles. The maximum atomic E-state index is 5.41. The summed E-state index contributed by atoms with van der Waals surface area (Å²) < 4.78 is 5.41. The highest BCUT2D eigenvalue weighted by atomic mass is 16.5. The van der Waals surface area contributed by atoms with E-state index < -0.39 is 0 Å². The molecule has 0 amide bonds. The molecule has 0 spiro atoms. The van der Waals surface area contributed by atoms with Gasteiger partial charge in [0.05, 0.1) is 6.54 Å². The van der Waals surface area contributed by atoms with Crippen molar-refractivity contribution in [1.29, 1.82) is 0 Å². The van der Waals surface area contributed by atoms with E-state index in [2.05, 4.69) is 54.0 Å². The van der Waals surface area contributed by atoms with Gasteiger partial charge in [-0.25, -0.2) is 0 Å². The first-order valence-electron chi connectivity index (χ1n) is 8.29. The van der Waals surface area contributed by atoms with Gasteiger partial charge < -0.3 is 4.52 Å². The Morgan fingerprint density at radius 2 is 2.00 bits per heavy atom. The second-order valence-corrected chi connectivity index (χ2v) is 6.40. The Kier molecular flexibility index (Phi) is 4.57. The number of hydrogen-bond acceptors (Lipinski definition) is 4. The summed E-state index contributed by atoms with van der Waals surface area (Å²) in [6.45, 7) is 8.33. The van der Waals surface area contributed by atoms with Crippen LogP contribution in [-0.4, -0.2) is 21.6 Å². The minimum Gasteiger partial charge on any atom is -0.338 e. The molecule has 0 bridgehead atoms. The van der Waals surface area contributed by atoms with Gasteiger partial charge in [0.1, 0.15) is 0 Å². The monoisotopic (exact) mass is 299 g/mol. The molecule has 1 aliphatic rings. The molecular formula is C18H25N3O. The molecule has 1 unspecified atom stereocenters. The highest BCUT2D eigenvalue weighted by Crippen LogP contribution is 2.33. The molecule has 3 rings (SSSR count). The van der Waals surface area contributed by atoms with Gasteiger partial charge in [0.25, 0.3) is 0 Å². The van der Waals surface area contributed by atoms with Crippen molar-refractivity contribution in [1.82, 2.24) is 15.0 Å². The van der Waals surface area contributed by atoms with Crippen LogP contribution in [0.15, 0.2) is 22.7 Å². The number of aromatic nitrogens is 2. The minimum absolute atomic E-state index is 0.472. The van der Waals surface area contributed by atoms with E-state index in [0.717, 1.165) is 37.6 Å². The molecule has 1 fully saturated rings. The molecule has 0 saturated carbocycles. The van der Waals surface area contributed by atoms with Crippen LogP contribution < -0.4 is 0 Å². The summed E-state index contributed by atoms with van der Waals surface area (Å²) in [6.07, 6.45) is 4.38. The summed E-state index contributed by atoms with van der Waals surface area (Å²) in [4.78, 5) is 6.98. The van der Waals surface area contributed by atoms with Crippen LogP contribution in [0.25, 0.3) is 0 Å². The van der Waals surface area contributed by atoms with Crippen molar-refractivity contribution in [3.8, 4) is 0 Å². The van der Waals surface area contributed by atoms with E-state index in [0.29, 0.717) is 6.04 Å². The van der Waals surface area contributed by atoms with Gasteiger partial charge >= 0.3 is 0 Å². The summed E-state index contributed by atoms with van der Waals surface area (Å²) in [5, 5.41) is 4.06. The van der Waals surface area contributed by atoms with Crippen LogP contribution in [0.1, 0.15) is 60.6 Å². The first-order chi connectivity index (χ1) is 10.7. The van der Waals surface area contributed by atoms with E-state index in [4.69, 9.17) is 4.52 Å². The second-order valence-electron chi connectivity index (χ2n) is 6.40. The van der Waals surface area contributed by atoms with Crippen molar-refractivity contribution in [2.75, 3.05) is 6.54 Å². The standard InChI is InChI=1S/C18H25N3O/c1-4-6-17-19-18(22-20-17)12-21-8-5-7-16(21)15-10-13(2)9-14(3)11-15/h9-11,16H,4-8,12H2,1-3H3. The van der Waals surface area contributed by atoms with E-state index in [1.807, 2.05) is 0 Å². The highest BCUT2D eigenvalue weighted by Gasteiger charge is 2.27. The van der Waals surface area contributed by atoms with Gasteiger partial charge in [-0.3, -0.25) is 4.90 Å². The van der Waals surface area contributed by atoms with E-state index in [9.17, 15) is 0 Å². The number of likely N-dealkylation sites (tertiary alicyclic amines) is 1. The average molecular weight is 299 g/mol. The number of rotatable bonds is 5. The summed E-state index contributed by atoms with van der Waals surface area (Å²) in [6, 6.07) is 7.33. The zero-order chi connectivity index (χ0) is 15.5. The molecule has 2 heterocycles. The Labute approximate surface area is 132 Å². The second kappa shape index (κ2) is 6.61. The number of aryl methyl sites for hydroxylation is 3. The van der Waals surface area contributed by atoms with E-state index in [-0.39, 0.29) is 0 Å². The lowest BCUT2D eigenvalue weighted by molar-refractivity contribution is 0.212. The molecule has 2 aromatic rings. The van der Waals surface area contributed by atoms with Crippen LogP contribution in [0.2, 0.25) is 0 Å². The molecule has 4 nitrogen and oxygen atoms in total. The smallest absolute Gasteiger partial charge is 0.240 e. The molecule has 1 aliphatic heterocycles. The Hall–Kier alpha value is -1.68. The first-order valence-corrected chi connectivity index (χ1v) is 8.29. The SMILES string of the molecule is CCCc1noc(CN2CCCC2c2cc(C)cc(C)c2)n1. The van der Waals surface area contributed by atoms with Crippen molar-refractivity contribution < 1.29 is 4.52 Å². The molecule has 1 aromatic carbocycles. The molecule has 22 heavy (non-hydrogen) atoms. The van der Waals surface area contributed by atoms with Crippen molar-refractivity contribution >= 4 is 0 Å². The van der Waals surface area contributed by atoms with Gasteiger partial charge in [-0.15, -0.1) is 0 Å². The quantitative estimate of drug-likeness (QED) is 0.837. The molecule has 0 N–H and O–H groups in total. The summed E-state index contributed by atoms with van der Waals surface area (Å²) in [7, 11) is 0. The van der Waals surface area contributed by atoms with Crippen LogP contribution in [0, 0.1) is 13.8 Å². The lowest BCUT2D eigenvalue weighted by Crippen LogP contribution is -2.23. The fourth-order valence-corrected chi connectivity index (χ4v) is 3.45. The van der Waals surface area contributed by atoms with Gasteiger partial charge in [-0.1, -0.05) is 41.4 Å². The molecule has 1 aromatic heterocycles. The molecule has 4 heteroatoms. The van der Waals surface area contributed by atoms with Gasteiger partial charge in [0.2, 0.25) is 5.89 Å². The lowest BCUT2D eigenvalue weighted by atomic mass is 9.99. The van der Waals surface area contributed by atoms with E-state index in [1.54, 1.807) is 0 Å². The van der Waals surface area contributed by atoms with Crippen LogP contribution in [-0.2, 0) is 13.0 Å². The topological polar surface area (TPSA) is 42.2 Å². The van der Waals surface area contributed by atoms with Crippen LogP contribution in [0.3, 0.4) is 0 Å². The summed E-state index contributed by atoms with van der Waals surface area (Å²) >= 11 is 0. The molecule has 1 saturated heterocycles. The maximum absolute atomic E-state index is 5.41. The lowest BCUT2D eigenvalue weighted by Gasteiger charge is -2.23. The molecule has 1 atom stereocenters. The summed E-state index contributed by atoms with van der Waals surface area (Å²) in [5.74, 6) is 1.58. The Morgan fingerprint density at radius 3 is 2.73 bits per heavy atom. The Bertz CT molecular complexity index is 615. The van der Waals surface area contributed by atoms with Gasteiger partial charge in [0.15, 0.2) is 5.82 Å². The normalized spacial score (nSPS) is 19.0. The van der Waals surface area contributed by atoms with Gasteiger partial charge in [-0.2, -0.15) is 4.98 Å². The maximum Gasteiger partial charge on any atom is 0.240 e. The zero-order valence-electron chi connectivity index (χ0n) is 13.8. The predicted octanol–water partition coefficient (Wildman–Crippen LogP) is 3.98. The van der Waals surface area contributed by atoms with Crippen LogP contribution in [0.4, 0.5) is 0 Å². The number of hydrogen-bond donors (Lipinski definition) is 0. The zero-order valence-corrected chi connectivity index (χ0v) is 13.8. The van der Waals surface area contributed by atoms with Gasteiger partial charge in [0, 0.05) is 12.5 Å².